The zero-order valence-electron chi connectivity index (χ0n) is 29.4. The molecule has 0 radical (unpaired) electrons. The van der Waals surface area contributed by atoms with E-state index < -0.39 is 51.9 Å². The Morgan fingerprint density at radius 2 is 1.73 bits per heavy atom. The fourth-order valence-electron chi connectivity index (χ4n) is 7.70. The van der Waals surface area contributed by atoms with Gasteiger partial charge < -0.3 is 24.7 Å². The van der Waals surface area contributed by atoms with Crippen LogP contribution in [0.2, 0.25) is 5.02 Å². The van der Waals surface area contributed by atoms with Gasteiger partial charge in [0.15, 0.2) is 0 Å². The molecule has 3 heterocycles. The summed E-state index contributed by atoms with van der Waals surface area (Å²) in [7, 11) is -3.75. The Hall–Kier alpha value is -2.91. The molecular weight excluding hydrogens is 696 g/mol. The summed E-state index contributed by atoms with van der Waals surface area (Å²) < 4.78 is 39.6. The minimum atomic E-state index is -3.75. The molecule has 2 saturated carbocycles. The van der Waals surface area contributed by atoms with Crippen molar-refractivity contribution in [3.63, 3.8) is 0 Å². The van der Waals surface area contributed by atoms with Crippen molar-refractivity contribution in [2.45, 2.75) is 120 Å². The van der Waals surface area contributed by atoms with Crippen molar-refractivity contribution >= 4 is 39.2 Å². The Morgan fingerprint density at radius 1 is 1.00 bits per heavy atom. The number of ketones is 1. The second kappa shape index (κ2) is 17.3. The molecule has 1 aromatic heterocycles. The summed E-state index contributed by atoms with van der Waals surface area (Å²) in [5, 5.41) is 15.1. The van der Waals surface area contributed by atoms with Crippen LogP contribution in [-0.2, 0) is 31.0 Å². The molecule has 51 heavy (non-hydrogen) atoms. The maximum atomic E-state index is 14.3. The lowest BCUT2D eigenvalue weighted by atomic mass is 9.84. The summed E-state index contributed by atoms with van der Waals surface area (Å²) in [4.78, 5) is 44.0. The van der Waals surface area contributed by atoms with Crippen LogP contribution in [0.15, 0.2) is 28.7 Å². The highest BCUT2D eigenvalue weighted by atomic mass is 35.5. The number of Topliss-reactive ketones (excluding diaryl/α,β-unsaturated/α-hetero) is 1. The van der Waals surface area contributed by atoms with Crippen LogP contribution in [0.3, 0.4) is 0 Å². The van der Waals surface area contributed by atoms with Crippen LogP contribution in [0.4, 0.5) is 0 Å². The van der Waals surface area contributed by atoms with Gasteiger partial charge in [0, 0.05) is 23.9 Å². The van der Waals surface area contributed by atoms with Crippen molar-refractivity contribution in [3.05, 3.63) is 46.6 Å². The highest BCUT2D eigenvalue weighted by molar-refractivity contribution is 7.88. The molecule has 3 N–H and O–H groups in total. The van der Waals surface area contributed by atoms with Gasteiger partial charge in [-0.1, -0.05) is 55.8 Å². The molecule has 13 nitrogen and oxygen atoms in total. The van der Waals surface area contributed by atoms with Crippen LogP contribution >= 0.6 is 11.6 Å². The van der Waals surface area contributed by atoms with E-state index in [-0.39, 0.29) is 37.3 Å². The van der Waals surface area contributed by atoms with Gasteiger partial charge in [-0.15, -0.1) is 10.2 Å². The summed E-state index contributed by atoms with van der Waals surface area (Å²) in [5.74, 6) is -0.279. The maximum Gasteiger partial charge on any atom is 0.286 e. The normalized spacial score (nSPS) is 23.2. The molecule has 2 saturated heterocycles. The van der Waals surface area contributed by atoms with Gasteiger partial charge in [-0.2, -0.15) is 0 Å². The van der Waals surface area contributed by atoms with Crippen molar-refractivity contribution in [3.8, 4) is 0 Å². The molecule has 4 fully saturated rings. The highest BCUT2D eigenvalue weighted by Gasteiger charge is 2.44. The second-order valence-electron chi connectivity index (χ2n) is 14.9. The van der Waals surface area contributed by atoms with Crippen LogP contribution < -0.4 is 15.4 Å². The summed E-state index contributed by atoms with van der Waals surface area (Å²) in [6, 6.07) is 4.30. The van der Waals surface area contributed by atoms with Gasteiger partial charge in [-0.05, 0) is 87.6 Å². The van der Waals surface area contributed by atoms with Crippen LogP contribution in [0.25, 0.3) is 0 Å². The van der Waals surface area contributed by atoms with Gasteiger partial charge in [0.05, 0.1) is 25.0 Å². The van der Waals surface area contributed by atoms with Gasteiger partial charge >= 0.3 is 0 Å². The summed E-state index contributed by atoms with van der Waals surface area (Å²) in [6.45, 7) is 2.10. The third-order valence-corrected chi connectivity index (χ3v) is 11.7. The molecule has 2 aromatic rings. The maximum absolute atomic E-state index is 14.3. The van der Waals surface area contributed by atoms with Crippen LogP contribution in [-0.4, -0.2) is 91.2 Å². The number of benzene rings is 1. The van der Waals surface area contributed by atoms with Crippen molar-refractivity contribution in [2.75, 3.05) is 25.9 Å². The molecule has 4 aliphatic rings. The van der Waals surface area contributed by atoms with Crippen molar-refractivity contribution in [1.82, 2.24) is 30.5 Å². The average molecular weight is 747 g/mol. The number of carbonyl (C=O) groups is 3. The van der Waals surface area contributed by atoms with Crippen LogP contribution in [0.1, 0.15) is 112 Å². The number of nitrogens with zero attached hydrogens (tertiary/aromatic N) is 3. The molecule has 0 spiro atoms. The lowest BCUT2D eigenvalue weighted by molar-refractivity contribution is -0.140. The second-order valence-corrected chi connectivity index (χ2v) is 17.1. The quantitative estimate of drug-likeness (QED) is 0.212. The van der Waals surface area contributed by atoms with Gasteiger partial charge in [0.25, 0.3) is 5.89 Å². The number of rotatable bonds is 16. The van der Waals surface area contributed by atoms with Gasteiger partial charge in [-0.25, -0.2) is 13.1 Å². The lowest BCUT2D eigenvalue weighted by Gasteiger charge is -2.31. The number of piperidine rings is 1. The van der Waals surface area contributed by atoms with E-state index in [1.165, 1.54) is 4.90 Å². The van der Waals surface area contributed by atoms with Gasteiger partial charge in [0.1, 0.15) is 12.1 Å². The smallest absolute Gasteiger partial charge is 0.286 e. The van der Waals surface area contributed by atoms with Crippen molar-refractivity contribution < 1.29 is 32.0 Å². The first-order chi connectivity index (χ1) is 24.5. The summed E-state index contributed by atoms with van der Waals surface area (Å²) in [6.07, 6.45) is 11.1. The van der Waals surface area contributed by atoms with Crippen LogP contribution in [0, 0.1) is 11.8 Å². The molecule has 4 atom stereocenters. The number of nitrogens with one attached hydrogen (secondary N) is 3. The summed E-state index contributed by atoms with van der Waals surface area (Å²) in [5.41, 5.74) is 0.882. The lowest BCUT2D eigenvalue weighted by Crippen LogP contribution is -2.55. The third kappa shape index (κ3) is 10.8. The largest absolute Gasteiger partial charge is 0.418 e. The fourth-order valence-corrected chi connectivity index (χ4v) is 8.56. The topological polar surface area (TPSA) is 173 Å². The average Bonchev–Trinajstić information content (AvgIpc) is 3.69. The van der Waals surface area contributed by atoms with E-state index in [2.05, 4.69) is 25.6 Å². The van der Waals surface area contributed by atoms with E-state index in [0.717, 1.165) is 82.7 Å². The molecule has 15 heteroatoms. The first kappa shape index (κ1) is 37.8. The predicted molar refractivity (Wildman–Crippen MR) is 190 cm³/mol. The molecule has 1 aromatic carbocycles. The number of hydrogen-bond acceptors (Lipinski definition) is 10. The highest BCUT2D eigenvalue weighted by Crippen LogP contribution is 2.39. The molecular formula is C36H51ClN6O7S. The first-order valence-corrected chi connectivity index (χ1v) is 20.8. The molecule has 0 bridgehead atoms. The Labute approximate surface area is 305 Å². The standard InChI is InChI=1S/C36H51ClN6O7S/c1-51(47,48)42-29(14-9-23-15-17-38-18-16-23)36(46)43-21-28(49-22-25-7-12-27(37)13-8-25)20-31(43)33(45)39-30(19-24-5-3-2-4-6-24)32(44)35-41-40-34(50-35)26-10-11-26/h7-8,12-13,23-24,26,28-31,38,42H,2-6,9-11,14-22H2,1H3,(H,39,45)/t28-,29-,30+,31+/m1/s1. The number of hydrogen-bond donors (Lipinski definition) is 3. The minimum absolute atomic E-state index is 0.0927. The number of carbonyl (C=O) groups excluding carboxylic acids is 3. The summed E-state index contributed by atoms with van der Waals surface area (Å²) >= 11 is 6.06. The van der Waals surface area contributed by atoms with E-state index in [1.807, 2.05) is 12.1 Å². The minimum Gasteiger partial charge on any atom is -0.418 e. The number of amides is 2. The number of ether oxygens (including phenoxy) is 1. The van der Waals surface area contributed by atoms with E-state index in [1.54, 1.807) is 12.1 Å². The van der Waals surface area contributed by atoms with Crippen molar-refractivity contribution in [2.24, 2.45) is 11.8 Å². The zero-order chi connectivity index (χ0) is 36.0. The third-order valence-electron chi connectivity index (χ3n) is 10.7. The van der Waals surface area contributed by atoms with E-state index >= 15 is 0 Å². The number of sulfonamides is 1. The zero-order valence-corrected chi connectivity index (χ0v) is 30.9. The molecule has 0 unspecified atom stereocenters. The van der Waals surface area contributed by atoms with Gasteiger partial charge in [0.2, 0.25) is 33.5 Å². The molecule has 280 valence electrons. The number of likely N-dealkylation sites (tertiary alicyclic amines) is 1. The monoisotopic (exact) mass is 746 g/mol. The Kier molecular flexibility index (Phi) is 12.8. The fraction of sp³-hybridized carbons (Fsp3) is 0.694. The van der Waals surface area contributed by atoms with Crippen LogP contribution in [0.5, 0.6) is 0 Å². The predicted octanol–water partition coefficient (Wildman–Crippen LogP) is 4.12. The molecule has 2 aliphatic carbocycles. The van der Waals surface area contributed by atoms with E-state index in [9.17, 15) is 22.8 Å². The Bertz CT molecular complexity index is 1610. The Morgan fingerprint density at radius 3 is 2.41 bits per heavy atom. The van der Waals surface area contributed by atoms with Crippen molar-refractivity contribution in [1.29, 1.82) is 0 Å². The molecule has 6 rings (SSSR count). The molecule has 2 amide bonds. The van der Waals surface area contributed by atoms with E-state index in [4.69, 9.17) is 20.8 Å². The number of halogens is 1. The SMILES string of the molecule is CS(=O)(=O)N[C@H](CCC1CCNCC1)C(=O)N1C[C@H](OCc2ccc(Cl)cc2)C[C@H]1C(=O)N[C@@H](CC1CCCCC1)C(=O)c1nnc(C2CC2)o1. The molecule has 2 aliphatic heterocycles. The van der Waals surface area contributed by atoms with Gasteiger partial charge in [-0.3, -0.25) is 14.4 Å². The van der Waals surface area contributed by atoms with E-state index in [0.29, 0.717) is 36.1 Å². The first-order valence-electron chi connectivity index (χ1n) is 18.5. The number of aromatic nitrogens is 2. The Balaban J connectivity index is 1.22.